The average Bonchev–Trinajstić information content (AvgIpc) is 2.25. The summed E-state index contributed by atoms with van der Waals surface area (Å²) in [6, 6.07) is 0.147. The van der Waals surface area contributed by atoms with Crippen molar-refractivity contribution in [2.24, 2.45) is 5.73 Å². The molecule has 0 aliphatic carbocycles. The number of nitrogens with two attached hydrogens (primary N) is 1. The first-order chi connectivity index (χ1) is 8.56. The van der Waals surface area contributed by atoms with E-state index in [2.05, 4.69) is 5.92 Å². The smallest absolute Gasteiger partial charge is 0.261 e. The topological polar surface area (TPSA) is 118 Å². The summed E-state index contributed by atoms with van der Waals surface area (Å²) in [6.45, 7) is 1.07. The first-order valence-electron chi connectivity index (χ1n) is 5.65. The fraction of sp³-hybridized carbons (Fsp3) is 0.800. The minimum absolute atomic E-state index is 0.0543. The van der Waals surface area contributed by atoms with Gasteiger partial charge < -0.3 is 5.73 Å². The highest BCUT2D eigenvalue weighted by Crippen LogP contribution is 2.13. The van der Waals surface area contributed by atoms with Gasteiger partial charge in [0.15, 0.2) is 0 Å². The number of nitrogens with zero attached hydrogens (tertiary/aromatic N) is 1. The third-order valence-corrected chi connectivity index (χ3v) is 4.27. The molecule has 0 saturated carbocycles. The van der Waals surface area contributed by atoms with E-state index in [1.165, 1.54) is 4.31 Å². The highest BCUT2D eigenvalue weighted by molar-refractivity contribution is 7.89. The lowest BCUT2D eigenvalue weighted by molar-refractivity contribution is 0.320. The maximum absolute atomic E-state index is 11.6. The summed E-state index contributed by atoms with van der Waals surface area (Å²) in [5.41, 5.74) is 5.69. The maximum Gasteiger partial charge on any atom is 0.261 e. The Labute approximate surface area is 115 Å². The molecule has 7 nitrogen and oxygen atoms in total. The van der Waals surface area contributed by atoms with Crippen LogP contribution in [0.3, 0.4) is 0 Å². The van der Waals surface area contributed by atoms with Gasteiger partial charge in [-0.2, -0.15) is 8.42 Å². The third kappa shape index (κ3) is 9.86. The van der Waals surface area contributed by atoms with Crippen molar-refractivity contribution < 1.29 is 21.4 Å². The fourth-order valence-corrected chi connectivity index (χ4v) is 2.87. The molecule has 0 bridgehead atoms. The second kappa shape index (κ2) is 7.81. The van der Waals surface area contributed by atoms with E-state index in [4.69, 9.17) is 16.7 Å². The Morgan fingerprint density at radius 1 is 1.32 bits per heavy atom. The number of hydrogen-bond donors (Lipinski definition) is 2. The predicted octanol–water partition coefficient (Wildman–Crippen LogP) is -0.733. The van der Waals surface area contributed by atoms with Crippen LogP contribution >= 0.6 is 0 Å². The monoisotopic (exact) mass is 312 g/mol. The molecular weight excluding hydrogens is 292 g/mol. The summed E-state index contributed by atoms with van der Waals surface area (Å²) in [6.07, 6.45) is 7.52. The number of rotatable bonds is 3. The summed E-state index contributed by atoms with van der Waals surface area (Å²) in [5, 5.41) is 0. The van der Waals surface area contributed by atoms with Crippen LogP contribution in [-0.2, 0) is 20.1 Å². The summed E-state index contributed by atoms with van der Waals surface area (Å²) in [5.74, 6) is 2.40. The van der Waals surface area contributed by atoms with Crippen molar-refractivity contribution in [1.29, 1.82) is 0 Å². The Morgan fingerprint density at radius 3 is 2.11 bits per heavy atom. The zero-order chi connectivity index (χ0) is 15.1. The van der Waals surface area contributed by atoms with Gasteiger partial charge in [-0.25, -0.2) is 12.7 Å². The van der Waals surface area contributed by atoms with Crippen LogP contribution in [0.1, 0.15) is 19.3 Å². The standard InChI is InChI=1S/C9H16N2O2S.CH4O3S/c1-2-3-8-14(12,13)11-6-4-9(10)5-7-11;1-5(2,3)4/h1,9H,3-8,10H2;1H3,(H,2,3,4). The van der Waals surface area contributed by atoms with Crippen LogP contribution in [0.2, 0.25) is 0 Å². The van der Waals surface area contributed by atoms with Crippen molar-refractivity contribution in [3.63, 3.8) is 0 Å². The van der Waals surface area contributed by atoms with E-state index in [-0.39, 0.29) is 18.2 Å². The SMILES string of the molecule is C#CCCS(=O)(=O)N1CCC(N)CC1.CS(=O)(=O)O. The lowest BCUT2D eigenvalue weighted by Crippen LogP contribution is -2.43. The normalized spacial score (nSPS) is 18.2. The van der Waals surface area contributed by atoms with E-state index in [1.807, 2.05) is 0 Å². The zero-order valence-corrected chi connectivity index (χ0v) is 12.5. The van der Waals surface area contributed by atoms with Crippen LogP contribution in [0.4, 0.5) is 0 Å². The van der Waals surface area contributed by atoms with Crippen LogP contribution in [0, 0.1) is 12.3 Å². The van der Waals surface area contributed by atoms with Crippen LogP contribution in [0.5, 0.6) is 0 Å². The molecule has 1 fully saturated rings. The molecular formula is C10H20N2O5S2. The molecule has 0 aromatic carbocycles. The largest absolute Gasteiger partial charge is 0.328 e. The Bertz CT molecular complexity index is 491. The highest BCUT2D eigenvalue weighted by atomic mass is 32.2. The molecule has 1 saturated heterocycles. The van der Waals surface area contributed by atoms with Gasteiger partial charge in [-0.05, 0) is 12.8 Å². The molecule has 3 N–H and O–H groups in total. The molecule has 19 heavy (non-hydrogen) atoms. The Balaban J connectivity index is 0.000000555. The first kappa shape index (κ1) is 18.3. The molecule has 0 unspecified atom stereocenters. The molecule has 0 aromatic rings. The van der Waals surface area contributed by atoms with E-state index in [9.17, 15) is 16.8 Å². The van der Waals surface area contributed by atoms with Crippen molar-refractivity contribution >= 4 is 20.1 Å². The lowest BCUT2D eigenvalue weighted by atomic mass is 10.1. The van der Waals surface area contributed by atoms with E-state index in [1.54, 1.807) is 0 Å². The van der Waals surface area contributed by atoms with Gasteiger partial charge >= 0.3 is 0 Å². The van der Waals surface area contributed by atoms with Crippen molar-refractivity contribution in [1.82, 2.24) is 4.31 Å². The van der Waals surface area contributed by atoms with Gasteiger partial charge in [0.2, 0.25) is 10.0 Å². The summed E-state index contributed by atoms with van der Waals surface area (Å²) < 4.78 is 50.6. The highest BCUT2D eigenvalue weighted by Gasteiger charge is 2.25. The Morgan fingerprint density at radius 2 is 1.74 bits per heavy atom. The van der Waals surface area contributed by atoms with Crippen molar-refractivity contribution in [3.8, 4) is 12.3 Å². The molecule has 1 heterocycles. The second-order valence-electron chi connectivity index (χ2n) is 4.24. The maximum atomic E-state index is 11.6. The first-order valence-corrected chi connectivity index (χ1v) is 9.11. The second-order valence-corrected chi connectivity index (χ2v) is 7.79. The Hall–Kier alpha value is -0.660. The van der Waals surface area contributed by atoms with E-state index in [0.717, 1.165) is 12.8 Å². The Kier molecular flexibility index (Phi) is 7.54. The predicted molar refractivity (Wildman–Crippen MR) is 73.5 cm³/mol. The lowest BCUT2D eigenvalue weighted by Gasteiger charge is -2.29. The molecule has 0 atom stereocenters. The average molecular weight is 312 g/mol. The fourth-order valence-electron chi connectivity index (χ4n) is 1.47. The van der Waals surface area contributed by atoms with Gasteiger partial charge in [0.1, 0.15) is 0 Å². The van der Waals surface area contributed by atoms with Gasteiger partial charge in [-0.15, -0.1) is 12.3 Å². The van der Waals surface area contributed by atoms with Gasteiger partial charge in [0.05, 0.1) is 12.0 Å². The number of hydrogen-bond acceptors (Lipinski definition) is 5. The molecule has 0 spiro atoms. The minimum atomic E-state index is -3.67. The van der Waals surface area contributed by atoms with E-state index in [0.29, 0.717) is 19.3 Å². The van der Waals surface area contributed by atoms with Crippen molar-refractivity contribution in [2.45, 2.75) is 25.3 Å². The minimum Gasteiger partial charge on any atom is -0.328 e. The summed E-state index contributed by atoms with van der Waals surface area (Å²) in [7, 11) is -6.80. The number of sulfonamides is 1. The van der Waals surface area contributed by atoms with Crippen LogP contribution in [-0.4, -0.2) is 56.8 Å². The van der Waals surface area contributed by atoms with Crippen LogP contribution in [0.15, 0.2) is 0 Å². The van der Waals surface area contributed by atoms with Crippen molar-refractivity contribution in [2.75, 3.05) is 25.1 Å². The van der Waals surface area contributed by atoms with Gasteiger partial charge in [0.25, 0.3) is 10.1 Å². The molecule has 9 heteroatoms. The molecule has 112 valence electrons. The molecule has 1 aliphatic heterocycles. The third-order valence-electron chi connectivity index (χ3n) is 2.40. The quantitative estimate of drug-likeness (QED) is 0.524. The van der Waals surface area contributed by atoms with Gasteiger partial charge in [0, 0.05) is 25.6 Å². The molecule has 0 amide bonds. The van der Waals surface area contributed by atoms with Crippen molar-refractivity contribution in [3.05, 3.63) is 0 Å². The number of terminal acetylenes is 1. The summed E-state index contributed by atoms with van der Waals surface area (Å²) >= 11 is 0. The molecule has 0 aromatic heterocycles. The zero-order valence-electron chi connectivity index (χ0n) is 10.8. The number of piperidine rings is 1. The molecule has 1 rings (SSSR count). The van der Waals surface area contributed by atoms with E-state index >= 15 is 0 Å². The summed E-state index contributed by atoms with van der Waals surface area (Å²) in [4.78, 5) is 0. The van der Waals surface area contributed by atoms with Crippen LogP contribution in [0.25, 0.3) is 0 Å². The van der Waals surface area contributed by atoms with Gasteiger partial charge in [-0.1, -0.05) is 0 Å². The van der Waals surface area contributed by atoms with Gasteiger partial charge in [-0.3, -0.25) is 4.55 Å². The molecule has 1 aliphatic rings. The van der Waals surface area contributed by atoms with Crippen LogP contribution < -0.4 is 5.73 Å². The molecule has 0 radical (unpaired) electrons. The van der Waals surface area contributed by atoms with E-state index < -0.39 is 20.1 Å².